The highest BCUT2D eigenvalue weighted by molar-refractivity contribution is 7.33. The van der Waals surface area contributed by atoms with Gasteiger partial charge >= 0.3 is 0 Å². The van der Waals surface area contributed by atoms with Gasteiger partial charge in [-0.3, -0.25) is 0 Å². The summed E-state index contributed by atoms with van der Waals surface area (Å²) in [5.74, 6) is 0. The lowest BCUT2D eigenvalue weighted by Gasteiger charge is -2.47. The van der Waals surface area contributed by atoms with Crippen LogP contribution in [-0.4, -0.2) is 13.3 Å². The first kappa shape index (κ1) is 54.4. The summed E-state index contributed by atoms with van der Waals surface area (Å²) in [6.07, 6.45) is 8.07. The monoisotopic (exact) mass is 1080 g/mol. The van der Waals surface area contributed by atoms with Crippen molar-refractivity contribution >= 4 is 72.3 Å². The van der Waals surface area contributed by atoms with E-state index in [2.05, 4.69) is 272 Å². The van der Waals surface area contributed by atoms with Crippen LogP contribution in [0.5, 0.6) is 0 Å². The Morgan fingerprint density at radius 2 is 0.951 bits per heavy atom. The van der Waals surface area contributed by atoms with Gasteiger partial charge in [0.15, 0.2) is 0 Å². The lowest BCUT2D eigenvalue weighted by atomic mass is 9.35. The molecule has 0 bridgehead atoms. The molecular weight excluding hydrogens is 996 g/mol. The van der Waals surface area contributed by atoms with Crippen molar-refractivity contribution in [2.45, 2.75) is 206 Å². The smallest absolute Gasteiger partial charge is 0.264 e. The van der Waals surface area contributed by atoms with Crippen LogP contribution in [0.2, 0.25) is 0 Å². The van der Waals surface area contributed by atoms with Crippen LogP contribution in [-0.2, 0) is 49.7 Å². The third-order valence-corrected chi connectivity index (χ3v) is 22.9. The van der Waals surface area contributed by atoms with Crippen LogP contribution >= 0.6 is 11.3 Å². The number of rotatable bonds is 7. The van der Waals surface area contributed by atoms with E-state index in [1.807, 2.05) is 0 Å². The van der Waals surface area contributed by atoms with Crippen molar-refractivity contribution < 1.29 is 0 Å². The fraction of sp³-hybridized carbons (Fsp3) is 0.429. The Bertz CT molecular complexity index is 3840. The van der Waals surface area contributed by atoms with Crippen LogP contribution in [0.15, 0.2) is 133 Å². The van der Waals surface area contributed by atoms with Crippen molar-refractivity contribution in [3.05, 3.63) is 189 Å². The molecule has 2 nitrogen and oxygen atoms in total. The minimum Gasteiger partial charge on any atom is -0.342 e. The average molecular weight is 1090 g/mol. The minimum atomic E-state index is -0.161. The van der Waals surface area contributed by atoms with Gasteiger partial charge in [-0.25, -0.2) is 0 Å². The highest BCUT2D eigenvalue weighted by Gasteiger charge is 2.49. The summed E-state index contributed by atoms with van der Waals surface area (Å²) in [6, 6.07) is 53.5. The van der Waals surface area contributed by atoms with E-state index in [1.165, 1.54) is 154 Å². The van der Waals surface area contributed by atoms with Gasteiger partial charge in [0.25, 0.3) is 6.71 Å². The van der Waals surface area contributed by atoms with E-state index in [1.54, 1.807) is 5.56 Å². The second-order valence-corrected chi connectivity index (χ2v) is 32.4. The van der Waals surface area contributed by atoms with Gasteiger partial charge in [-0.15, -0.1) is 11.3 Å². The van der Waals surface area contributed by atoms with Crippen LogP contribution in [0.25, 0.3) is 21.2 Å². The lowest BCUT2D eigenvalue weighted by Crippen LogP contribution is -2.61. The Morgan fingerprint density at radius 1 is 0.469 bits per heavy atom. The molecule has 7 aromatic carbocycles. The van der Waals surface area contributed by atoms with E-state index in [0.717, 1.165) is 13.0 Å². The summed E-state index contributed by atoms with van der Waals surface area (Å²) in [5, 5.41) is 1.40. The molecular formula is C77H89BN2S. The molecule has 0 saturated carbocycles. The SMILES string of the molecule is CC(C)(C)c1cc2c3c(c1)N(c1ccc(C(C)(C)c4ccccc4)cc1)c1c(sc4cc5c(cc14)C(C)(C)CCC5(C)C)B3c1cc3c(cc1N2CCc1cc2c(cc1-c1ccccc1)C(C)(C)CCC2(C)C)C(C)(C)CCC3(C)C. The second-order valence-electron chi connectivity index (χ2n) is 31.3. The van der Waals surface area contributed by atoms with Crippen LogP contribution in [0.1, 0.15) is 212 Å². The van der Waals surface area contributed by atoms with Gasteiger partial charge in [0.2, 0.25) is 0 Å². The number of hydrogen-bond donors (Lipinski definition) is 0. The minimum absolute atomic E-state index is 0.0490. The summed E-state index contributed by atoms with van der Waals surface area (Å²) in [5.41, 5.74) is 27.3. The molecule has 416 valence electrons. The highest BCUT2D eigenvalue weighted by Crippen LogP contribution is 2.55. The number of fused-ring (bicyclic) bond motifs is 9. The van der Waals surface area contributed by atoms with E-state index in [-0.39, 0.29) is 50.0 Å². The van der Waals surface area contributed by atoms with E-state index in [4.69, 9.17) is 0 Å². The predicted octanol–water partition coefficient (Wildman–Crippen LogP) is 19.2. The van der Waals surface area contributed by atoms with Gasteiger partial charge < -0.3 is 9.80 Å². The Kier molecular flexibility index (Phi) is 12.1. The first-order valence-electron chi connectivity index (χ1n) is 30.9. The molecule has 13 rings (SSSR count). The van der Waals surface area contributed by atoms with Crippen LogP contribution in [0.4, 0.5) is 28.4 Å². The topological polar surface area (TPSA) is 6.48 Å². The second kappa shape index (κ2) is 18.1. The molecule has 4 heteroatoms. The fourth-order valence-electron chi connectivity index (χ4n) is 15.7. The molecule has 0 amide bonds. The Labute approximate surface area is 491 Å². The molecule has 1 aromatic heterocycles. The predicted molar refractivity (Wildman–Crippen MR) is 353 cm³/mol. The normalized spacial score (nSPS) is 19.5. The molecule has 8 aromatic rings. The largest absolute Gasteiger partial charge is 0.342 e. The van der Waals surface area contributed by atoms with Crippen molar-refractivity contribution in [3.8, 4) is 11.1 Å². The molecule has 0 radical (unpaired) electrons. The van der Waals surface area contributed by atoms with E-state index in [9.17, 15) is 0 Å². The van der Waals surface area contributed by atoms with Crippen LogP contribution in [0.3, 0.4) is 0 Å². The number of hydrogen-bond acceptors (Lipinski definition) is 3. The summed E-state index contributed by atoms with van der Waals surface area (Å²) in [6.45, 7) is 43.0. The van der Waals surface area contributed by atoms with Crippen molar-refractivity contribution in [2.75, 3.05) is 16.3 Å². The molecule has 2 aliphatic heterocycles. The van der Waals surface area contributed by atoms with Crippen molar-refractivity contribution in [1.29, 1.82) is 0 Å². The molecule has 0 fully saturated rings. The highest BCUT2D eigenvalue weighted by atomic mass is 32.1. The number of thiophene rings is 1. The summed E-state index contributed by atoms with van der Waals surface area (Å²) >= 11 is 2.09. The third-order valence-electron chi connectivity index (χ3n) is 21.7. The molecule has 0 unspecified atom stereocenters. The quantitative estimate of drug-likeness (QED) is 0.147. The van der Waals surface area contributed by atoms with Crippen molar-refractivity contribution in [3.63, 3.8) is 0 Å². The standard InChI is InChI=1S/C77H89BN2S/c1-70(2,3)52-41-64-67-65(42-52)80(53-30-28-51(29-31-53)77(16,17)50-26-22-19-23-27-50)68-55-44-58-61(76(14,15)38-35-73(58,8)9)47-66(55)81-69(68)78(67)62-45-59-60(75(12,13)37-36-74(59,10)11)46-63(62)79(64)39-32-49-40-56-57(72(6,7)34-33-71(56,4)5)43-54(49)48-24-20-18-21-25-48/h18-31,40-47H,32-39H2,1-17H3. The molecule has 0 spiro atoms. The Morgan fingerprint density at radius 3 is 1.52 bits per heavy atom. The Balaban J connectivity index is 1.10. The molecule has 3 heterocycles. The maximum absolute atomic E-state index is 2.84. The van der Waals surface area contributed by atoms with Crippen LogP contribution < -0.4 is 25.5 Å². The molecule has 5 aliphatic rings. The summed E-state index contributed by atoms with van der Waals surface area (Å²) in [7, 11) is 0. The molecule has 0 saturated heterocycles. The van der Waals surface area contributed by atoms with Gasteiger partial charge in [0.1, 0.15) is 0 Å². The maximum Gasteiger partial charge on any atom is 0.264 e. The van der Waals surface area contributed by atoms with E-state index >= 15 is 0 Å². The average Bonchev–Trinajstić information content (AvgIpc) is 2.15. The van der Waals surface area contributed by atoms with E-state index in [0.29, 0.717) is 0 Å². The van der Waals surface area contributed by atoms with Gasteiger partial charge in [0, 0.05) is 49.6 Å². The number of benzene rings is 7. The van der Waals surface area contributed by atoms with Crippen molar-refractivity contribution in [2.24, 2.45) is 0 Å². The number of nitrogens with zero attached hydrogens (tertiary/aromatic N) is 2. The van der Waals surface area contributed by atoms with Gasteiger partial charge in [-0.05, 0) is 203 Å². The van der Waals surface area contributed by atoms with Gasteiger partial charge in [-0.1, -0.05) is 209 Å². The first-order valence-corrected chi connectivity index (χ1v) is 31.8. The molecule has 81 heavy (non-hydrogen) atoms. The first-order chi connectivity index (χ1) is 38.0. The van der Waals surface area contributed by atoms with Gasteiger partial charge in [-0.2, -0.15) is 0 Å². The zero-order valence-corrected chi connectivity index (χ0v) is 53.1. The Hall–Kier alpha value is -5.84. The van der Waals surface area contributed by atoms with Crippen LogP contribution in [0, 0.1) is 0 Å². The lowest BCUT2D eigenvalue weighted by molar-refractivity contribution is 0.331. The summed E-state index contributed by atoms with van der Waals surface area (Å²) < 4.78 is 2.89. The summed E-state index contributed by atoms with van der Waals surface area (Å²) in [4.78, 5) is 5.59. The number of anilines is 5. The maximum atomic E-state index is 2.84. The zero-order valence-electron chi connectivity index (χ0n) is 52.2. The van der Waals surface area contributed by atoms with E-state index < -0.39 is 0 Å². The fourth-order valence-corrected chi connectivity index (χ4v) is 17.0. The van der Waals surface area contributed by atoms with Gasteiger partial charge in [0.05, 0.1) is 5.69 Å². The third kappa shape index (κ3) is 8.58. The molecule has 0 N–H and O–H groups in total. The van der Waals surface area contributed by atoms with Crippen molar-refractivity contribution in [1.82, 2.24) is 0 Å². The molecule has 0 atom stereocenters. The molecule has 3 aliphatic carbocycles. The zero-order chi connectivity index (χ0) is 57.4.